The van der Waals surface area contributed by atoms with Crippen LogP contribution in [0.2, 0.25) is 0 Å². The van der Waals surface area contributed by atoms with E-state index in [0.717, 1.165) is 16.8 Å². The minimum absolute atomic E-state index is 0.181. The summed E-state index contributed by atoms with van der Waals surface area (Å²) in [5.41, 5.74) is 5.77. The van der Waals surface area contributed by atoms with Crippen molar-refractivity contribution in [2.75, 3.05) is 6.54 Å². The van der Waals surface area contributed by atoms with Crippen LogP contribution in [-0.2, 0) is 5.75 Å². The molecule has 5 heteroatoms. The summed E-state index contributed by atoms with van der Waals surface area (Å²) < 4.78 is 5.36. The van der Waals surface area contributed by atoms with E-state index in [2.05, 4.69) is 24.0 Å². The summed E-state index contributed by atoms with van der Waals surface area (Å²) in [6, 6.07) is 0. The van der Waals surface area contributed by atoms with Crippen LogP contribution < -0.4 is 5.73 Å². The third kappa shape index (κ3) is 4.21. The highest BCUT2D eigenvalue weighted by molar-refractivity contribution is 7.99. The van der Waals surface area contributed by atoms with E-state index in [1.54, 1.807) is 0 Å². The van der Waals surface area contributed by atoms with Crippen LogP contribution in [0.5, 0.6) is 0 Å². The summed E-state index contributed by atoms with van der Waals surface area (Å²) in [5, 5.41) is 4.87. The molecule has 1 atom stereocenters. The van der Waals surface area contributed by atoms with Gasteiger partial charge in [0, 0.05) is 11.8 Å². The zero-order chi connectivity index (χ0) is 13.7. The maximum absolute atomic E-state index is 5.77. The van der Waals surface area contributed by atoms with Crippen LogP contribution in [0, 0.1) is 5.92 Å². The van der Waals surface area contributed by atoms with Gasteiger partial charge in [0.2, 0.25) is 5.89 Å². The molecular weight excluding hydrogens is 258 g/mol. The summed E-state index contributed by atoms with van der Waals surface area (Å²) in [5.74, 6) is 3.01. The van der Waals surface area contributed by atoms with Gasteiger partial charge in [-0.15, -0.1) is 0 Å². The van der Waals surface area contributed by atoms with Crippen molar-refractivity contribution < 1.29 is 4.52 Å². The molecule has 2 N–H and O–H groups in total. The standard InChI is InChI=1S/C14H25N3OS/c1-10(2)12(8-15)14-16-13(17-18-14)9-19-11-6-4-3-5-7-11/h10-12H,3-9,15H2,1-2H3. The number of hydrogen-bond donors (Lipinski definition) is 1. The first-order chi connectivity index (χ1) is 9.20. The zero-order valence-electron chi connectivity index (χ0n) is 12.0. The molecule has 1 aromatic heterocycles. The number of hydrogen-bond acceptors (Lipinski definition) is 5. The van der Waals surface area contributed by atoms with Crippen molar-refractivity contribution in [1.29, 1.82) is 0 Å². The van der Waals surface area contributed by atoms with E-state index < -0.39 is 0 Å². The van der Waals surface area contributed by atoms with E-state index in [1.165, 1.54) is 32.1 Å². The molecule has 1 heterocycles. The molecule has 1 unspecified atom stereocenters. The van der Waals surface area contributed by atoms with E-state index in [4.69, 9.17) is 10.3 Å². The topological polar surface area (TPSA) is 64.9 Å². The Labute approximate surface area is 119 Å². The van der Waals surface area contributed by atoms with E-state index >= 15 is 0 Å². The minimum atomic E-state index is 0.181. The third-order valence-corrected chi connectivity index (χ3v) is 5.23. The van der Waals surface area contributed by atoms with Crippen LogP contribution >= 0.6 is 11.8 Å². The van der Waals surface area contributed by atoms with Crippen molar-refractivity contribution in [2.24, 2.45) is 11.7 Å². The number of nitrogens with two attached hydrogens (primary N) is 1. The molecule has 0 bridgehead atoms. The second kappa shape index (κ2) is 7.29. The molecule has 0 amide bonds. The summed E-state index contributed by atoms with van der Waals surface area (Å²) in [7, 11) is 0. The molecule has 0 saturated heterocycles. The van der Waals surface area contributed by atoms with E-state index in [0.29, 0.717) is 18.4 Å². The summed E-state index contributed by atoms with van der Waals surface area (Å²) in [6.45, 7) is 4.84. The number of rotatable bonds is 6. The van der Waals surface area contributed by atoms with E-state index in [-0.39, 0.29) is 5.92 Å². The third-order valence-electron chi connectivity index (χ3n) is 3.86. The van der Waals surface area contributed by atoms with Gasteiger partial charge in [-0.25, -0.2) is 0 Å². The first-order valence-electron chi connectivity index (χ1n) is 7.35. The minimum Gasteiger partial charge on any atom is -0.339 e. The van der Waals surface area contributed by atoms with Gasteiger partial charge in [-0.1, -0.05) is 38.3 Å². The fourth-order valence-corrected chi connectivity index (χ4v) is 3.73. The quantitative estimate of drug-likeness (QED) is 0.867. The Bertz CT molecular complexity index is 375. The second-order valence-corrected chi connectivity index (χ2v) is 6.99. The van der Waals surface area contributed by atoms with Gasteiger partial charge in [0.15, 0.2) is 5.82 Å². The maximum Gasteiger partial charge on any atom is 0.231 e. The van der Waals surface area contributed by atoms with E-state index in [9.17, 15) is 0 Å². The number of aromatic nitrogens is 2. The van der Waals surface area contributed by atoms with Crippen LogP contribution in [0.15, 0.2) is 4.52 Å². The molecule has 0 aliphatic heterocycles. The highest BCUT2D eigenvalue weighted by atomic mass is 32.2. The van der Waals surface area contributed by atoms with Crippen LogP contribution in [-0.4, -0.2) is 21.9 Å². The Balaban J connectivity index is 1.86. The van der Waals surface area contributed by atoms with Gasteiger partial charge in [0.05, 0.1) is 11.7 Å². The number of thioether (sulfide) groups is 1. The molecular formula is C14H25N3OS. The van der Waals surface area contributed by atoms with Crippen molar-refractivity contribution in [3.8, 4) is 0 Å². The largest absolute Gasteiger partial charge is 0.339 e. The molecule has 1 aromatic rings. The molecule has 1 saturated carbocycles. The Morgan fingerprint density at radius 3 is 2.68 bits per heavy atom. The summed E-state index contributed by atoms with van der Waals surface area (Å²) in [6.07, 6.45) is 6.82. The van der Waals surface area contributed by atoms with Gasteiger partial charge in [0.25, 0.3) is 0 Å². The van der Waals surface area contributed by atoms with Crippen molar-refractivity contribution in [2.45, 2.75) is 62.9 Å². The predicted molar refractivity (Wildman–Crippen MR) is 79.1 cm³/mol. The summed E-state index contributed by atoms with van der Waals surface area (Å²) >= 11 is 1.98. The first-order valence-corrected chi connectivity index (χ1v) is 8.39. The van der Waals surface area contributed by atoms with Crippen molar-refractivity contribution in [1.82, 2.24) is 10.1 Å². The monoisotopic (exact) mass is 283 g/mol. The Morgan fingerprint density at radius 2 is 2.05 bits per heavy atom. The highest BCUT2D eigenvalue weighted by Gasteiger charge is 2.21. The normalized spacial score (nSPS) is 18.9. The van der Waals surface area contributed by atoms with Gasteiger partial charge in [-0.2, -0.15) is 16.7 Å². The Kier molecular flexibility index (Phi) is 5.70. The maximum atomic E-state index is 5.77. The van der Waals surface area contributed by atoms with Gasteiger partial charge >= 0.3 is 0 Å². The molecule has 2 rings (SSSR count). The fourth-order valence-electron chi connectivity index (χ4n) is 2.56. The van der Waals surface area contributed by atoms with Crippen LogP contribution in [0.3, 0.4) is 0 Å². The molecule has 1 aliphatic rings. The van der Waals surface area contributed by atoms with Crippen molar-refractivity contribution in [3.63, 3.8) is 0 Å². The molecule has 4 nitrogen and oxygen atoms in total. The molecule has 1 fully saturated rings. The van der Waals surface area contributed by atoms with Crippen LogP contribution in [0.4, 0.5) is 0 Å². The van der Waals surface area contributed by atoms with Gasteiger partial charge in [-0.3, -0.25) is 0 Å². The van der Waals surface area contributed by atoms with Gasteiger partial charge in [-0.05, 0) is 18.8 Å². The Morgan fingerprint density at radius 1 is 1.32 bits per heavy atom. The lowest BCUT2D eigenvalue weighted by Gasteiger charge is -2.20. The van der Waals surface area contributed by atoms with Gasteiger partial charge < -0.3 is 10.3 Å². The second-order valence-electron chi connectivity index (χ2n) is 5.71. The van der Waals surface area contributed by atoms with Crippen LogP contribution in [0.25, 0.3) is 0 Å². The molecule has 0 spiro atoms. The lowest BCUT2D eigenvalue weighted by atomic mass is 9.96. The lowest BCUT2D eigenvalue weighted by molar-refractivity contribution is 0.322. The lowest BCUT2D eigenvalue weighted by Crippen LogP contribution is -2.18. The average Bonchev–Trinajstić information content (AvgIpc) is 2.87. The molecule has 0 radical (unpaired) electrons. The van der Waals surface area contributed by atoms with Crippen molar-refractivity contribution in [3.05, 3.63) is 11.7 Å². The molecule has 108 valence electrons. The fraction of sp³-hybridized carbons (Fsp3) is 0.857. The van der Waals surface area contributed by atoms with Gasteiger partial charge in [0.1, 0.15) is 0 Å². The average molecular weight is 283 g/mol. The predicted octanol–water partition coefficient (Wildman–Crippen LogP) is 3.33. The number of nitrogens with zero attached hydrogens (tertiary/aromatic N) is 2. The first kappa shape index (κ1) is 14.9. The summed E-state index contributed by atoms with van der Waals surface area (Å²) in [4.78, 5) is 4.51. The smallest absolute Gasteiger partial charge is 0.231 e. The SMILES string of the molecule is CC(C)C(CN)c1nc(CSC2CCCCC2)no1. The molecule has 19 heavy (non-hydrogen) atoms. The molecule has 1 aliphatic carbocycles. The van der Waals surface area contributed by atoms with Crippen molar-refractivity contribution >= 4 is 11.8 Å². The zero-order valence-corrected chi connectivity index (χ0v) is 12.8. The highest BCUT2D eigenvalue weighted by Crippen LogP contribution is 2.30. The Hall–Kier alpha value is -0.550. The molecule has 0 aromatic carbocycles. The van der Waals surface area contributed by atoms with Crippen LogP contribution in [0.1, 0.15) is 63.6 Å². The van der Waals surface area contributed by atoms with E-state index in [1.807, 2.05) is 11.8 Å².